The Labute approximate surface area is 94.5 Å². The lowest BCUT2D eigenvalue weighted by molar-refractivity contribution is 0.299. The van der Waals surface area contributed by atoms with Gasteiger partial charge in [-0.15, -0.1) is 0 Å². The summed E-state index contributed by atoms with van der Waals surface area (Å²) in [6.07, 6.45) is 1.51. The van der Waals surface area contributed by atoms with Crippen LogP contribution in [-0.4, -0.2) is 12.8 Å². The number of hydrogen-bond donors (Lipinski definition) is 0. The Morgan fingerprint density at radius 3 is 2.69 bits per heavy atom. The molecule has 2 radical (unpaired) electrons. The van der Waals surface area contributed by atoms with Crippen molar-refractivity contribution in [3.05, 3.63) is 54.0 Å². The van der Waals surface area contributed by atoms with E-state index in [9.17, 15) is 4.39 Å². The van der Waals surface area contributed by atoms with E-state index in [1.165, 1.54) is 12.3 Å². The first kappa shape index (κ1) is 10.7. The molecule has 2 aromatic rings. The Hall–Kier alpha value is -1.84. The molecular formula is C12H9BFNO. The van der Waals surface area contributed by atoms with Gasteiger partial charge < -0.3 is 4.74 Å². The number of nitrogens with zero attached hydrogens (tertiary/aromatic N) is 1. The van der Waals surface area contributed by atoms with E-state index in [-0.39, 0.29) is 12.4 Å². The number of aromatic nitrogens is 1. The summed E-state index contributed by atoms with van der Waals surface area (Å²) < 4.78 is 18.6. The molecule has 0 unspecified atom stereocenters. The lowest BCUT2D eigenvalue weighted by Gasteiger charge is -2.06. The molecule has 0 N–H and O–H groups in total. The van der Waals surface area contributed by atoms with Crippen molar-refractivity contribution in [2.45, 2.75) is 6.61 Å². The largest absolute Gasteiger partial charge is 0.487 e. The van der Waals surface area contributed by atoms with Crippen LogP contribution in [0.2, 0.25) is 0 Å². The lowest BCUT2D eigenvalue weighted by Crippen LogP contribution is -2.07. The van der Waals surface area contributed by atoms with Crippen molar-refractivity contribution in [3.8, 4) is 5.75 Å². The van der Waals surface area contributed by atoms with Crippen LogP contribution in [0.3, 0.4) is 0 Å². The van der Waals surface area contributed by atoms with Gasteiger partial charge in [-0.2, -0.15) is 0 Å². The molecule has 16 heavy (non-hydrogen) atoms. The molecule has 1 aromatic heterocycles. The number of benzene rings is 1. The van der Waals surface area contributed by atoms with E-state index in [1.54, 1.807) is 30.3 Å². The highest BCUT2D eigenvalue weighted by Gasteiger charge is 2.01. The molecule has 1 aromatic carbocycles. The van der Waals surface area contributed by atoms with Gasteiger partial charge in [-0.1, -0.05) is 18.2 Å². The van der Waals surface area contributed by atoms with E-state index in [1.807, 2.05) is 0 Å². The smallest absolute Gasteiger partial charge is 0.141 e. The van der Waals surface area contributed by atoms with Gasteiger partial charge in [-0.05, 0) is 23.8 Å². The second kappa shape index (κ2) is 4.79. The first-order valence-electron chi connectivity index (χ1n) is 4.83. The van der Waals surface area contributed by atoms with Gasteiger partial charge in [0, 0.05) is 5.56 Å². The van der Waals surface area contributed by atoms with Crippen molar-refractivity contribution in [2.75, 3.05) is 0 Å². The third-order valence-electron chi connectivity index (χ3n) is 2.11. The Kier molecular flexibility index (Phi) is 3.20. The van der Waals surface area contributed by atoms with Crippen LogP contribution in [0, 0.1) is 5.82 Å². The topological polar surface area (TPSA) is 22.1 Å². The Morgan fingerprint density at radius 1 is 1.19 bits per heavy atom. The summed E-state index contributed by atoms with van der Waals surface area (Å²) in [4.78, 5) is 3.87. The zero-order valence-electron chi connectivity index (χ0n) is 8.56. The van der Waals surface area contributed by atoms with E-state index < -0.39 is 0 Å². The number of pyridine rings is 1. The maximum atomic E-state index is 13.2. The molecule has 78 valence electrons. The van der Waals surface area contributed by atoms with Gasteiger partial charge in [0.1, 0.15) is 26.0 Å². The van der Waals surface area contributed by atoms with Crippen molar-refractivity contribution in [2.24, 2.45) is 0 Å². The maximum absolute atomic E-state index is 13.2. The fourth-order valence-electron chi connectivity index (χ4n) is 1.25. The van der Waals surface area contributed by atoms with Crippen LogP contribution < -0.4 is 10.3 Å². The standard InChI is InChI=1S/C12H9BFNO/c13-12-6-5-10(7-15-12)16-8-9-3-1-2-4-11(9)14/h1-7H,8H2. The van der Waals surface area contributed by atoms with Crippen LogP contribution in [0.5, 0.6) is 5.75 Å². The quantitative estimate of drug-likeness (QED) is 0.722. The van der Waals surface area contributed by atoms with E-state index in [4.69, 9.17) is 12.6 Å². The first-order valence-corrected chi connectivity index (χ1v) is 4.83. The number of rotatable bonds is 3. The number of hydrogen-bond acceptors (Lipinski definition) is 2. The number of halogens is 1. The van der Waals surface area contributed by atoms with E-state index in [0.29, 0.717) is 16.9 Å². The van der Waals surface area contributed by atoms with Crippen LogP contribution in [-0.2, 0) is 6.61 Å². The molecular weight excluding hydrogens is 204 g/mol. The summed E-state index contributed by atoms with van der Waals surface area (Å²) in [5.74, 6) is 0.295. The van der Waals surface area contributed by atoms with Crippen molar-refractivity contribution in [1.29, 1.82) is 0 Å². The monoisotopic (exact) mass is 213 g/mol. The SMILES string of the molecule is [B]c1ccc(OCc2ccccc2F)cn1. The molecule has 0 atom stereocenters. The summed E-state index contributed by atoms with van der Waals surface area (Å²) in [5, 5.41) is 0. The lowest BCUT2D eigenvalue weighted by atomic mass is 10.0. The predicted octanol–water partition coefficient (Wildman–Crippen LogP) is 1.59. The second-order valence-corrected chi connectivity index (χ2v) is 3.30. The van der Waals surface area contributed by atoms with Gasteiger partial charge in [-0.3, -0.25) is 4.98 Å². The Bertz CT molecular complexity index is 473. The summed E-state index contributed by atoms with van der Waals surface area (Å²) in [6.45, 7) is 0.179. The third kappa shape index (κ3) is 2.60. The molecule has 0 aliphatic heterocycles. The average molecular weight is 213 g/mol. The van der Waals surface area contributed by atoms with Gasteiger partial charge in [0.2, 0.25) is 0 Å². The second-order valence-electron chi connectivity index (χ2n) is 3.30. The molecule has 0 fully saturated rings. The third-order valence-corrected chi connectivity index (χ3v) is 2.11. The predicted molar refractivity (Wildman–Crippen MR) is 60.4 cm³/mol. The summed E-state index contributed by atoms with van der Waals surface area (Å²) in [7, 11) is 5.43. The van der Waals surface area contributed by atoms with Crippen molar-refractivity contribution < 1.29 is 9.13 Å². The summed E-state index contributed by atoms with van der Waals surface area (Å²) in [6, 6.07) is 9.83. The molecule has 0 amide bonds. The fraction of sp³-hybridized carbons (Fsp3) is 0.0833. The van der Waals surface area contributed by atoms with Crippen LogP contribution in [0.25, 0.3) is 0 Å². The first-order chi connectivity index (χ1) is 7.75. The Balaban J connectivity index is 2.02. The zero-order valence-corrected chi connectivity index (χ0v) is 8.56. The highest BCUT2D eigenvalue weighted by Crippen LogP contribution is 2.11. The minimum absolute atomic E-state index is 0.179. The summed E-state index contributed by atoms with van der Waals surface area (Å²) in [5.41, 5.74) is 0.942. The molecule has 4 heteroatoms. The maximum Gasteiger partial charge on any atom is 0.141 e. The Morgan fingerprint density at radius 2 is 2.00 bits per heavy atom. The molecule has 2 nitrogen and oxygen atoms in total. The van der Waals surface area contributed by atoms with Crippen molar-refractivity contribution in [3.63, 3.8) is 0 Å². The summed E-state index contributed by atoms with van der Waals surface area (Å²) >= 11 is 0. The van der Waals surface area contributed by atoms with Crippen molar-refractivity contribution in [1.82, 2.24) is 4.98 Å². The molecule has 0 spiro atoms. The van der Waals surface area contributed by atoms with E-state index in [2.05, 4.69) is 4.98 Å². The van der Waals surface area contributed by atoms with E-state index >= 15 is 0 Å². The van der Waals surface area contributed by atoms with E-state index in [0.717, 1.165) is 0 Å². The zero-order chi connectivity index (χ0) is 11.4. The molecule has 0 bridgehead atoms. The van der Waals surface area contributed by atoms with Crippen LogP contribution in [0.1, 0.15) is 5.56 Å². The van der Waals surface area contributed by atoms with Crippen molar-refractivity contribution >= 4 is 13.4 Å². The molecule has 0 aliphatic rings. The number of ether oxygens (including phenoxy) is 1. The molecule has 0 aliphatic carbocycles. The normalized spacial score (nSPS) is 10.1. The van der Waals surface area contributed by atoms with Gasteiger partial charge in [-0.25, -0.2) is 4.39 Å². The van der Waals surface area contributed by atoms with Gasteiger partial charge in [0.15, 0.2) is 0 Å². The molecule has 2 rings (SSSR count). The van der Waals surface area contributed by atoms with Crippen LogP contribution in [0.15, 0.2) is 42.6 Å². The molecule has 0 saturated heterocycles. The van der Waals surface area contributed by atoms with Gasteiger partial charge in [0.05, 0.1) is 6.20 Å². The van der Waals surface area contributed by atoms with Gasteiger partial charge >= 0.3 is 0 Å². The fourth-order valence-corrected chi connectivity index (χ4v) is 1.25. The van der Waals surface area contributed by atoms with Gasteiger partial charge in [0.25, 0.3) is 0 Å². The minimum Gasteiger partial charge on any atom is -0.487 e. The highest BCUT2D eigenvalue weighted by atomic mass is 19.1. The van der Waals surface area contributed by atoms with Crippen LogP contribution in [0.4, 0.5) is 4.39 Å². The highest BCUT2D eigenvalue weighted by molar-refractivity contribution is 6.30. The van der Waals surface area contributed by atoms with Crippen LogP contribution >= 0.6 is 0 Å². The molecule has 0 saturated carbocycles. The molecule has 1 heterocycles. The minimum atomic E-state index is -0.272. The average Bonchev–Trinajstić information content (AvgIpc) is 2.30.